The summed E-state index contributed by atoms with van der Waals surface area (Å²) < 4.78 is 27.3. The molecule has 0 saturated carbocycles. The molecule has 3 nitrogen and oxygen atoms in total. The van der Waals surface area contributed by atoms with Crippen LogP contribution in [-0.4, -0.2) is 5.54 Å². The van der Waals surface area contributed by atoms with Crippen LogP contribution in [0.25, 0.3) is 0 Å². The van der Waals surface area contributed by atoms with E-state index in [1.165, 1.54) is 0 Å². The van der Waals surface area contributed by atoms with E-state index in [0.717, 1.165) is 27.0 Å². The van der Waals surface area contributed by atoms with Gasteiger partial charge in [-0.25, -0.2) is 0 Å². The molecule has 0 amide bonds. The molecule has 5 heteroatoms. The van der Waals surface area contributed by atoms with E-state index >= 15 is 0 Å². The van der Waals surface area contributed by atoms with Crippen LogP contribution >= 0.6 is 14.5 Å². The van der Waals surface area contributed by atoms with Crippen molar-refractivity contribution in [2.75, 3.05) is 0 Å². The van der Waals surface area contributed by atoms with Crippen molar-refractivity contribution in [1.82, 2.24) is 0 Å². The second kappa shape index (κ2) is 12.4. The second-order valence-electron chi connectivity index (χ2n) is 8.90. The topological polar surface area (TPSA) is 35.5 Å². The van der Waals surface area contributed by atoms with Crippen molar-refractivity contribution < 1.29 is 13.6 Å². The van der Waals surface area contributed by atoms with E-state index in [9.17, 15) is 4.57 Å². The van der Waals surface area contributed by atoms with Gasteiger partial charge in [0.1, 0.15) is 0 Å². The van der Waals surface area contributed by atoms with Crippen molar-refractivity contribution in [3.05, 3.63) is 163 Å². The third-order valence-corrected chi connectivity index (χ3v) is 13.1. The van der Waals surface area contributed by atoms with Crippen LogP contribution in [0.2, 0.25) is 0 Å². The van der Waals surface area contributed by atoms with Gasteiger partial charge in [-0.1, -0.05) is 152 Å². The van der Waals surface area contributed by atoms with E-state index in [1.54, 1.807) is 0 Å². The molecule has 0 fully saturated rings. The lowest BCUT2D eigenvalue weighted by Crippen LogP contribution is -2.27. The van der Waals surface area contributed by atoms with E-state index in [2.05, 4.69) is 36.4 Å². The molecule has 0 aromatic heterocycles. The largest absolute Gasteiger partial charge is 0.355 e. The molecule has 0 aliphatic rings. The summed E-state index contributed by atoms with van der Waals surface area (Å²) in [4.78, 5) is 0. The Hall–Kier alpha value is -3.45. The normalized spacial score (nSPS) is 11.7. The highest BCUT2D eigenvalue weighted by atomic mass is 31.2. The molecule has 38 heavy (non-hydrogen) atoms. The van der Waals surface area contributed by atoms with Gasteiger partial charge < -0.3 is 9.05 Å². The van der Waals surface area contributed by atoms with Crippen molar-refractivity contribution in [3.63, 3.8) is 0 Å². The first-order valence-electron chi connectivity index (χ1n) is 12.6. The molecular weight excluding hydrogens is 506 g/mol. The minimum absolute atomic E-state index is 0.182. The van der Waals surface area contributed by atoms with Crippen LogP contribution in [0.1, 0.15) is 11.1 Å². The number of rotatable bonds is 10. The smallest absolute Gasteiger partial charge is 0.301 e. The van der Waals surface area contributed by atoms with Crippen molar-refractivity contribution in [1.29, 1.82) is 0 Å². The van der Waals surface area contributed by atoms with Crippen LogP contribution in [0.15, 0.2) is 152 Å². The summed E-state index contributed by atoms with van der Waals surface area (Å²) in [7, 11) is -3.74. The molecule has 0 saturated heterocycles. The monoisotopic (exact) mass is 536 g/mol. The van der Waals surface area contributed by atoms with Gasteiger partial charge in [0.15, 0.2) is 0 Å². The molecule has 0 unspecified atom stereocenters. The summed E-state index contributed by atoms with van der Waals surface area (Å²) in [6, 6.07) is 50.5. The van der Waals surface area contributed by atoms with Crippen molar-refractivity contribution in [3.8, 4) is 0 Å². The lowest BCUT2D eigenvalue weighted by atomic mass is 10.2. The highest BCUT2D eigenvalue weighted by Crippen LogP contribution is 2.57. The first-order valence-corrected chi connectivity index (χ1v) is 16.0. The molecule has 0 N–H and O–H groups in total. The van der Waals surface area contributed by atoms with Crippen LogP contribution in [0, 0.1) is 0 Å². The zero-order valence-corrected chi connectivity index (χ0v) is 22.8. The Balaban J connectivity index is 1.71. The number of hydrogen-bond acceptors (Lipinski definition) is 3. The molecule has 5 aromatic carbocycles. The van der Waals surface area contributed by atoms with Gasteiger partial charge in [-0.05, 0) is 33.9 Å². The van der Waals surface area contributed by atoms with Crippen molar-refractivity contribution in [2.45, 2.75) is 13.2 Å². The van der Waals surface area contributed by atoms with Crippen molar-refractivity contribution >= 4 is 35.9 Å². The minimum atomic E-state index is -3.74. The molecule has 0 bridgehead atoms. The Bertz CT molecular complexity index is 1370. The van der Waals surface area contributed by atoms with Crippen molar-refractivity contribution in [2.24, 2.45) is 0 Å². The van der Waals surface area contributed by atoms with Gasteiger partial charge in [0.2, 0.25) is 0 Å². The summed E-state index contributed by atoms with van der Waals surface area (Å²) >= 11 is 0. The molecule has 0 aliphatic heterocycles. The van der Waals surface area contributed by atoms with Crippen LogP contribution < -0.4 is 15.9 Å². The summed E-state index contributed by atoms with van der Waals surface area (Å²) in [5.41, 5.74) is 3.78. The minimum Gasteiger partial charge on any atom is -0.301 e. The van der Waals surface area contributed by atoms with E-state index in [-0.39, 0.29) is 13.2 Å². The zero-order chi connectivity index (χ0) is 26.1. The Morgan fingerprint density at radius 3 is 1.05 bits per heavy atom. The maximum Gasteiger partial charge on any atom is 0.355 e. The van der Waals surface area contributed by atoms with Gasteiger partial charge in [0.25, 0.3) is 0 Å². The second-order valence-corrected chi connectivity index (χ2v) is 14.4. The predicted molar refractivity (Wildman–Crippen MR) is 161 cm³/mol. The zero-order valence-electron chi connectivity index (χ0n) is 21.0. The third-order valence-electron chi connectivity index (χ3n) is 6.31. The molecule has 5 aromatic rings. The van der Waals surface area contributed by atoms with E-state index < -0.39 is 14.5 Å². The summed E-state index contributed by atoms with van der Waals surface area (Å²) in [6.07, 6.45) is 0. The lowest BCUT2D eigenvalue weighted by Gasteiger charge is -2.30. The Morgan fingerprint density at radius 2 is 0.737 bits per heavy atom. The summed E-state index contributed by atoms with van der Waals surface area (Å²) in [5, 5.41) is 3.26. The van der Waals surface area contributed by atoms with Gasteiger partial charge in [-0.2, -0.15) is 0 Å². The molecular formula is C33H30O3P2. The van der Waals surface area contributed by atoms with E-state index in [1.807, 2.05) is 121 Å². The first-order chi connectivity index (χ1) is 18.7. The molecule has 5 rings (SSSR count). The third kappa shape index (κ3) is 6.16. The highest BCUT2D eigenvalue weighted by molar-refractivity contribution is 8.03. The van der Waals surface area contributed by atoms with E-state index in [4.69, 9.17) is 9.05 Å². The quantitative estimate of drug-likeness (QED) is 0.175. The highest BCUT2D eigenvalue weighted by Gasteiger charge is 2.33. The van der Waals surface area contributed by atoms with Gasteiger partial charge in [0.05, 0.1) is 13.2 Å². The van der Waals surface area contributed by atoms with Crippen LogP contribution in [0.3, 0.4) is 0 Å². The van der Waals surface area contributed by atoms with Gasteiger partial charge in [-0.3, -0.25) is 4.57 Å². The standard InChI is InChI=1S/C33H30O3P2/c34-38(35-26-29-16-6-1-7-17-29,36-27-30-18-8-2-9-19-30)28-37(31-20-10-3-11-21-31,32-22-12-4-13-23-32)33-24-14-5-15-25-33/h1-25,28H,26-27H2. The maximum absolute atomic E-state index is 14.8. The SMILES string of the molecule is O=P(C=P(c1ccccc1)(c1ccccc1)c1ccccc1)(OCc1ccccc1)OCc1ccccc1. The van der Waals surface area contributed by atoms with E-state index in [0.29, 0.717) is 0 Å². The molecule has 0 spiro atoms. The number of benzene rings is 5. The van der Waals surface area contributed by atoms with Crippen LogP contribution in [0.4, 0.5) is 0 Å². The van der Waals surface area contributed by atoms with Crippen LogP contribution in [0.5, 0.6) is 0 Å². The molecule has 0 radical (unpaired) electrons. The molecule has 0 heterocycles. The lowest BCUT2D eigenvalue weighted by molar-refractivity contribution is 0.204. The average molecular weight is 537 g/mol. The Labute approximate surface area is 225 Å². The van der Waals surface area contributed by atoms with Crippen LogP contribution in [-0.2, 0) is 26.8 Å². The maximum atomic E-state index is 14.8. The molecule has 0 atom stereocenters. The number of hydrogen-bond donors (Lipinski definition) is 0. The first kappa shape index (κ1) is 26.2. The molecule has 190 valence electrons. The Morgan fingerprint density at radius 1 is 0.447 bits per heavy atom. The summed E-state index contributed by atoms with van der Waals surface area (Å²) in [5.74, 6) is 0. The van der Waals surface area contributed by atoms with Gasteiger partial charge in [0, 0.05) is 5.54 Å². The fourth-order valence-electron chi connectivity index (χ4n) is 4.43. The molecule has 0 aliphatic carbocycles. The Kier molecular flexibility index (Phi) is 8.54. The summed E-state index contributed by atoms with van der Waals surface area (Å²) in [6.45, 7) is -2.19. The fraction of sp³-hybridized carbons (Fsp3) is 0.0606. The fourth-order valence-corrected chi connectivity index (χ4v) is 11.8. The predicted octanol–water partition coefficient (Wildman–Crippen LogP) is 7.37. The van der Waals surface area contributed by atoms with Gasteiger partial charge in [-0.15, -0.1) is 0 Å². The average Bonchev–Trinajstić information content (AvgIpc) is 3.00. The van der Waals surface area contributed by atoms with Gasteiger partial charge >= 0.3 is 7.60 Å².